The molecule has 0 saturated heterocycles. The first kappa shape index (κ1) is 13.3. The van der Waals surface area contributed by atoms with Gasteiger partial charge in [-0.2, -0.15) is 0 Å². The lowest BCUT2D eigenvalue weighted by atomic mass is 10.1. The molecule has 1 aromatic heterocycles. The molecule has 0 aliphatic heterocycles. The molecule has 100 valence electrons. The van der Waals surface area contributed by atoms with Crippen molar-refractivity contribution in [3.8, 4) is 0 Å². The van der Waals surface area contributed by atoms with Crippen LogP contribution in [0, 0.1) is 0 Å². The first-order chi connectivity index (χ1) is 9.19. The van der Waals surface area contributed by atoms with Gasteiger partial charge in [0.2, 0.25) is 0 Å². The van der Waals surface area contributed by atoms with E-state index in [1.165, 1.54) is 0 Å². The zero-order valence-corrected chi connectivity index (χ0v) is 10.9. The summed E-state index contributed by atoms with van der Waals surface area (Å²) in [7, 11) is 0. The molecule has 0 spiro atoms. The molecule has 0 fully saturated rings. The summed E-state index contributed by atoms with van der Waals surface area (Å²) >= 11 is 1.16. The highest BCUT2D eigenvalue weighted by Gasteiger charge is 2.00. The van der Waals surface area contributed by atoms with E-state index in [0.717, 1.165) is 22.6 Å². The van der Waals surface area contributed by atoms with E-state index in [1.807, 2.05) is 12.1 Å². The molecular formula is C12H14N4O2S. The van der Waals surface area contributed by atoms with Crippen LogP contribution in [0.1, 0.15) is 16.8 Å². The number of hydrogen-bond donors (Lipinski definition) is 4. The quantitative estimate of drug-likeness (QED) is 0.281. The summed E-state index contributed by atoms with van der Waals surface area (Å²) in [6, 6.07) is 7.38. The Kier molecular flexibility index (Phi) is 4.32. The van der Waals surface area contributed by atoms with E-state index in [2.05, 4.69) is 15.5 Å². The summed E-state index contributed by atoms with van der Waals surface area (Å²) in [6.45, 7) is 1.29. The van der Waals surface area contributed by atoms with Gasteiger partial charge in [0.25, 0.3) is 0 Å². The predicted molar refractivity (Wildman–Crippen MR) is 74.4 cm³/mol. The minimum absolute atomic E-state index is 0.0417. The highest BCUT2D eigenvalue weighted by Crippen LogP contribution is 2.04. The van der Waals surface area contributed by atoms with Crippen LogP contribution in [0.2, 0.25) is 0 Å². The van der Waals surface area contributed by atoms with Crippen molar-refractivity contribution in [3.05, 3.63) is 56.1 Å². The number of thiazole rings is 1. The van der Waals surface area contributed by atoms with E-state index in [-0.39, 0.29) is 10.7 Å². The molecule has 0 atom stereocenters. The molecule has 6 nitrogen and oxygen atoms in total. The predicted octanol–water partition coefficient (Wildman–Crippen LogP) is 0.821. The zero-order chi connectivity index (χ0) is 13.7. The van der Waals surface area contributed by atoms with Crippen LogP contribution < -0.4 is 15.9 Å². The van der Waals surface area contributed by atoms with E-state index >= 15 is 0 Å². The molecule has 0 unspecified atom stereocenters. The summed E-state index contributed by atoms with van der Waals surface area (Å²) < 4.78 is 0. The largest absolute Gasteiger partial charge is 0.409 e. The van der Waals surface area contributed by atoms with Crippen molar-refractivity contribution >= 4 is 17.2 Å². The van der Waals surface area contributed by atoms with Crippen molar-refractivity contribution in [2.45, 2.75) is 13.1 Å². The second-order valence-electron chi connectivity index (χ2n) is 3.96. The number of amidine groups is 1. The average molecular weight is 278 g/mol. The molecule has 0 radical (unpaired) electrons. The maximum absolute atomic E-state index is 10.9. The Morgan fingerprint density at radius 2 is 2.11 bits per heavy atom. The third-order valence-electron chi connectivity index (χ3n) is 2.57. The van der Waals surface area contributed by atoms with Gasteiger partial charge in [-0.05, 0) is 5.56 Å². The molecule has 2 aromatic rings. The SMILES string of the molecule is N/C(=N/O)c1ccc(CNCc2csc(=O)[nH]2)cc1. The molecule has 0 aliphatic carbocycles. The third-order valence-corrected chi connectivity index (χ3v) is 3.29. The lowest BCUT2D eigenvalue weighted by Crippen LogP contribution is -2.15. The Bertz CT molecular complexity index is 615. The van der Waals surface area contributed by atoms with Gasteiger partial charge in [-0.1, -0.05) is 40.8 Å². The topological polar surface area (TPSA) is 104 Å². The molecule has 0 aliphatic rings. The number of oxime groups is 1. The van der Waals surface area contributed by atoms with Gasteiger partial charge in [-0.15, -0.1) is 0 Å². The van der Waals surface area contributed by atoms with E-state index < -0.39 is 0 Å². The summed E-state index contributed by atoms with van der Waals surface area (Å²) in [5, 5.41) is 16.5. The molecule has 2 rings (SSSR count). The van der Waals surface area contributed by atoms with Crippen LogP contribution in [0.5, 0.6) is 0 Å². The van der Waals surface area contributed by atoms with Gasteiger partial charge < -0.3 is 21.2 Å². The Morgan fingerprint density at radius 1 is 1.37 bits per heavy atom. The molecule has 1 aromatic carbocycles. The molecule has 1 heterocycles. The molecule has 0 saturated carbocycles. The summed E-state index contributed by atoms with van der Waals surface area (Å²) in [4.78, 5) is 13.6. The van der Waals surface area contributed by atoms with Gasteiger partial charge in [0.1, 0.15) is 0 Å². The minimum atomic E-state index is -0.0417. The Balaban J connectivity index is 1.88. The van der Waals surface area contributed by atoms with Crippen LogP contribution in [-0.2, 0) is 13.1 Å². The molecule has 0 amide bonds. The van der Waals surface area contributed by atoms with Gasteiger partial charge in [0.15, 0.2) is 5.84 Å². The normalized spacial score (nSPS) is 11.7. The zero-order valence-electron chi connectivity index (χ0n) is 10.1. The lowest BCUT2D eigenvalue weighted by Gasteiger charge is -2.04. The lowest BCUT2D eigenvalue weighted by molar-refractivity contribution is 0.318. The van der Waals surface area contributed by atoms with E-state index in [0.29, 0.717) is 18.7 Å². The number of aromatic amines is 1. The van der Waals surface area contributed by atoms with E-state index in [1.54, 1.807) is 17.5 Å². The van der Waals surface area contributed by atoms with Gasteiger partial charge in [-0.3, -0.25) is 4.79 Å². The van der Waals surface area contributed by atoms with Crippen molar-refractivity contribution in [1.82, 2.24) is 10.3 Å². The minimum Gasteiger partial charge on any atom is -0.409 e. The highest BCUT2D eigenvalue weighted by molar-refractivity contribution is 7.07. The molecule has 0 bridgehead atoms. The van der Waals surface area contributed by atoms with Crippen LogP contribution in [0.15, 0.2) is 39.6 Å². The number of aromatic nitrogens is 1. The number of nitrogens with one attached hydrogen (secondary N) is 2. The second-order valence-corrected chi connectivity index (χ2v) is 4.80. The van der Waals surface area contributed by atoms with Gasteiger partial charge in [-0.25, -0.2) is 0 Å². The standard InChI is InChI=1S/C12H14N4O2S/c13-11(16-18)9-3-1-8(2-4-9)5-14-6-10-7-19-12(17)15-10/h1-4,7,14,18H,5-6H2,(H2,13,16)(H,15,17). The number of rotatable bonds is 5. The number of H-pyrrole nitrogens is 1. The number of hydrogen-bond acceptors (Lipinski definition) is 5. The second kappa shape index (κ2) is 6.17. The number of nitrogens with two attached hydrogens (primary N) is 1. The van der Waals surface area contributed by atoms with Crippen molar-refractivity contribution in [1.29, 1.82) is 0 Å². The Hall–Kier alpha value is -2.12. The van der Waals surface area contributed by atoms with E-state index in [9.17, 15) is 4.79 Å². The fraction of sp³-hybridized carbons (Fsp3) is 0.167. The molecule has 5 N–H and O–H groups in total. The summed E-state index contributed by atoms with van der Waals surface area (Å²) in [5.74, 6) is 0.0929. The fourth-order valence-corrected chi connectivity index (χ4v) is 2.17. The molecular weight excluding hydrogens is 264 g/mol. The van der Waals surface area contributed by atoms with Gasteiger partial charge in [0, 0.05) is 29.7 Å². The Labute approximate surface area is 113 Å². The average Bonchev–Trinajstić information content (AvgIpc) is 2.84. The van der Waals surface area contributed by atoms with Crippen LogP contribution in [0.3, 0.4) is 0 Å². The van der Waals surface area contributed by atoms with Gasteiger partial charge in [0.05, 0.1) is 0 Å². The van der Waals surface area contributed by atoms with Crippen molar-refractivity contribution in [2.75, 3.05) is 0 Å². The van der Waals surface area contributed by atoms with Crippen molar-refractivity contribution in [3.63, 3.8) is 0 Å². The van der Waals surface area contributed by atoms with Crippen LogP contribution in [0.4, 0.5) is 0 Å². The monoisotopic (exact) mass is 278 g/mol. The first-order valence-corrected chi connectivity index (χ1v) is 6.51. The van der Waals surface area contributed by atoms with Crippen LogP contribution in [0.25, 0.3) is 0 Å². The van der Waals surface area contributed by atoms with Crippen LogP contribution in [-0.4, -0.2) is 16.0 Å². The first-order valence-electron chi connectivity index (χ1n) is 5.63. The summed E-state index contributed by atoms with van der Waals surface area (Å²) in [6.07, 6.45) is 0. The number of benzene rings is 1. The van der Waals surface area contributed by atoms with Crippen molar-refractivity contribution in [2.24, 2.45) is 10.9 Å². The maximum Gasteiger partial charge on any atom is 0.304 e. The molecule has 7 heteroatoms. The fourth-order valence-electron chi connectivity index (χ4n) is 1.59. The van der Waals surface area contributed by atoms with Crippen molar-refractivity contribution < 1.29 is 5.21 Å². The van der Waals surface area contributed by atoms with Crippen LogP contribution >= 0.6 is 11.3 Å². The smallest absolute Gasteiger partial charge is 0.304 e. The van der Waals surface area contributed by atoms with Gasteiger partial charge >= 0.3 is 4.87 Å². The summed E-state index contributed by atoms with van der Waals surface area (Å²) in [5.41, 5.74) is 8.10. The maximum atomic E-state index is 10.9. The third kappa shape index (κ3) is 3.67. The van der Waals surface area contributed by atoms with E-state index in [4.69, 9.17) is 10.9 Å². The molecule has 19 heavy (non-hydrogen) atoms. The Morgan fingerprint density at radius 3 is 2.68 bits per heavy atom. The number of nitrogens with zero attached hydrogens (tertiary/aromatic N) is 1. The highest BCUT2D eigenvalue weighted by atomic mass is 32.1.